The summed E-state index contributed by atoms with van der Waals surface area (Å²) in [6.07, 6.45) is 0. The van der Waals surface area contributed by atoms with Gasteiger partial charge < -0.3 is 35.9 Å². The van der Waals surface area contributed by atoms with Gasteiger partial charge in [-0.1, -0.05) is 16.7 Å². The average Bonchev–Trinajstić information content (AvgIpc) is 3.53. The van der Waals surface area contributed by atoms with E-state index in [0.29, 0.717) is 4.70 Å². The Labute approximate surface area is 278 Å². The molecule has 4 heterocycles. The van der Waals surface area contributed by atoms with Crippen molar-refractivity contribution in [2.24, 2.45) is 5.16 Å². The van der Waals surface area contributed by atoms with Crippen LogP contribution < -0.4 is 16.6 Å². The number of carboxylic acid groups (broad SMARTS) is 1. The zero-order valence-electron chi connectivity index (χ0n) is 25.6. The molecule has 0 radical (unpaired) electrons. The lowest BCUT2D eigenvalue weighted by Crippen LogP contribution is -2.71. The van der Waals surface area contributed by atoms with Crippen LogP contribution in [0.2, 0.25) is 0 Å². The summed E-state index contributed by atoms with van der Waals surface area (Å²) in [6.45, 7) is 7.69. The molecule has 250 valence electrons. The highest BCUT2D eigenvalue weighted by Gasteiger charge is 2.54. The maximum absolute atomic E-state index is 13.5. The largest absolute Gasteiger partial charge is 0.504 e. The number of aliphatic carboxylic acids is 1. The number of rotatable bonds is 9. The number of amides is 2. The van der Waals surface area contributed by atoms with Crippen LogP contribution in [0.5, 0.6) is 11.5 Å². The fraction of sp³-hybridized carbons (Fsp3) is 0.393. The number of ether oxygens (including phenoxy) is 1. The number of fused-ring (bicyclic) bond motifs is 2. The van der Waals surface area contributed by atoms with Crippen molar-refractivity contribution in [3.05, 3.63) is 44.8 Å². The summed E-state index contributed by atoms with van der Waals surface area (Å²) >= 11 is 3.17. The number of carbonyl (C=O) groups is 4. The van der Waals surface area contributed by atoms with Crippen LogP contribution in [0.25, 0.3) is 10.1 Å². The molecule has 0 saturated carbocycles. The molecule has 1 unspecified atom stereocenters. The van der Waals surface area contributed by atoms with Crippen molar-refractivity contribution >= 4 is 79.3 Å². The van der Waals surface area contributed by atoms with Gasteiger partial charge in [-0.2, -0.15) is 0 Å². The molecule has 47 heavy (non-hydrogen) atoms. The van der Waals surface area contributed by atoms with Gasteiger partial charge in [-0.3, -0.25) is 23.2 Å². The topological polar surface area (TPSA) is 236 Å². The number of hydrogen-bond acceptors (Lipinski definition) is 15. The zero-order valence-corrected chi connectivity index (χ0v) is 28.0. The summed E-state index contributed by atoms with van der Waals surface area (Å²) < 4.78 is 7.02. The summed E-state index contributed by atoms with van der Waals surface area (Å²) in [5.74, 6) is -4.50. The maximum Gasteiger partial charge on any atom is 0.353 e. The average molecular weight is 707 g/mol. The van der Waals surface area contributed by atoms with Crippen LogP contribution in [0.1, 0.15) is 40.3 Å². The van der Waals surface area contributed by atoms with Gasteiger partial charge in [-0.25, -0.2) is 14.6 Å². The van der Waals surface area contributed by atoms with Crippen molar-refractivity contribution in [3.63, 3.8) is 0 Å². The second kappa shape index (κ2) is 12.2. The Hall–Kier alpha value is -4.62. The molecule has 1 fully saturated rings. The smallest absolute Gasteiger partial charge is 0.353 e. The molecule has 19 heteroatoms. The first-order valence-electron chi connectivity index (χ1n) is 13.9. The van der Waals surface area contributed by atoms with Gasteiger partial charge in [0, 0.05) is 17.2 Å². The van der Waals surface area contributed by atoms with E-state index < -0.39 is 63.4 Å². The number of carboxylic acids is 1. The number of nitrogens with two attached hydrogens (primary N) is 1. The normalized spacial score (nSPS) is 18.5. The Morgan fingerprint density at radius 1 is 1.15 bits per heavy atom. The number of aromatic nitrogens is 2. The number of oxime groups is 1. The van der Waals surface area contributed by atoms with Crippen LogP contribution >= 0.6 is 34.6 Å². The molecule has 1 saturated heterocycles. The first-order chi connectivity index (χ1) is 21.9. The third-order valence-corrected chi connectivity index (χ3v) is 9.91. The number of thiazole rings is 1. The predicted molar refractivity (Wildman–Crippen MR) is 173 cm³/mol. The Kier molecular flexibility index (Phi) is 8.75. The van der Waals surface area contributed by atoms with E-state index in [2.05, 4.69) is 15.5 Å². The summed E-state index contributed by atoms with van der Waals surface area (Å²) in [6, 6.07) is 1.21. The molecule has 0 bridgehead atoms. The van der Waals surface area contributed by atoms with Gasteiger partial charge in [-0.05, 0) is 46.3 Å². The Morgan fingerprint density at radius 3 is 2.45 bits per heavy atom. The predicted octanol–water partition coefficient (Wildman–Crippen LogP) is 1.79. The Morgan fingerprint density at radius 2 is 1.83 bits per heavy atom. The fourth-order valence-corrected chi connectivity index (χ4v) is 7.52. The van der Waals surface area contributed by atoms with Crippen LogP contribution in [-0.4, -0.2) is 87.0 Å². The van der Waals surface area contributed by atoms with Gasteiger partial charge in [0.05, 0.1) is 16.6 Å². The summed E-state index contributed by atoms with van der Waals surface area (Å²) in [7, 11) is 0. The number of nitrogens with zero attached hydrogens (tertiary/aromatic N) is 4. The number of benzene rings is 1. The van der Waals surface area contributed by atoms with E-state index in [9.17, 15) is 39.3 Å². The molecular formula is C28H30N6O10S3. The SMILES string of the molecule is CC(C)(C)OC(=O)C(C)(C)O/N=C(\C(=O)NC1C(=O)N2C(C(=O)O)=C(Cn3sc4cc(O)c(O)cc4c3=O)CS[C@H]12)c1csc(N)n1. The quantitative estimate of drug-likeness (QED) is 0.0703. The first kappa shape index (κ1) is 33.7. The van der Waals surface area contributed by atoms with Crippen molar-refractivity contribution in [3.8, 4) is 11.5 Å². The highest BCUT2D eigenvalue weighted by Crippen LogP contribution is 2.41. The van der Waals surface area contributed by atoms with Crippen LogP contribution in [0.15, 0.2) is 38.7 Å². The maximum atomic E-state index is 13.5. The number of esters is 1. The van der Waals surface area contributed by atoms with Crippen molar-refractivity contribution < 1.29 is 44.1 Å². The van der Waals surface area contributed by atoms with Gasteiger partial charge in [-0.15, -0.1) is 23.1 Å². The molecule has 16 nitrogen and oxygen atoms in total. The lowest BCUT2D eigenvalue weighted by Gasteiger charge is -2.49. The van der Waals surface area contributed by atoms with Crippen molar-refractivity contribution in [2.45, 2.75) is 63.8 Å². The molecule has 1 aromatic carbocycles. The van der Waals surface area contributed by atoms with E-state index in [-0.39, 0.29) is 45.5 Å². The molecule has 3 aromatic rings. The molecule has 2 amide bonds. The minimum Gasteiger partial charge on any atom is -0.504 e. The van der Waals surface area contributed by atoms with Crippen LogP contribution in [0.4, 0.5) is 5.13 Å². The minimum atomic E-state index is -1.61. The second-order valence-corrected chi connectivity index (χ2v) is 15.1. The van der Waals surface area contributed by atoms with Gasteiger partial charge in [0.25, 0.3) is 17.4 Å². The van der Waals surface area contributed by atoms with E-state index in [1.54, 1.807) is 20.8 Å². The molecule has 5 rings (SSSR count). The lowest BCUT2D eigenvalue weighted by molar-refractivity contribution is -0.179. The first-order valence-corrected chi connectivity index (χ1v) is 16.6. The van der Waals surface area contributed by atoms with E-state index in [4.69, 9.17) is 15.3 Å². The number of phenols is 2. The monoisotopic (exact) mass is 706 g/mol. The number of aromatic hydroxyl groups is 2. The number of carbonyl (C=O) groups excluding carboxylic acids is 3. The number of nitrogens with one attached hydrogen (secondary N) is 1. The second-order valence-electron chi connectivity index (χ2n) is 12.0. The molecule has 0 spiro atoms. The molecule has 2 atom stereocenters. The lowest BCUT2D eigenvalue weighted by atomic mass is 10.0. The van der Waals surface area contributed by atoms with Crippen LogP contribution in [-0.2, 0) is 35.3 Å². The summed E-state index contributed by atoms with van der Waals surface area (Å²) in [5, 5.41) is 37.1. The van der Waals surface area contributed by atoms with Gasteiger partial charge in [0.1, 0.15) is 28.4 Å². The number of phenolic OH excluding ortho intramolecular Hbond substituents is 2. The minimum absolute atomic E-state index is 0.0220. The summed E-state index contributed by atoms with van der Waals surface area (Å²) in [5.41, 5.74) is 2.43. The van der Waals surface area contributed by atoms with Crippen molar-refractivity contribution in [1.29, 1.82) is 0 Å². The van der Waals surface area contributed by atoms with Gasteiger partial charge in [0.15, 0.2) is 22.3 Å². The number of hydrogen-bond donors (Lipinski definition) is 5. The van der Waals surface area contributed by atoms with E-state index in [1.807, 2.05) is 0 Å². The summed E-state index contributed by atoms with van der Waals surface area (Å²) in [4.78, 5) is 75.4. The molecule has 2 aliphatic rings. The van der Waals surface area contributed by atoms with Gasteiger partial charge >= 0.3 is 11.9 Å². The van der Waals surface area contributed by atoms with E-state index in [1.165, 1.54) is 41.0 Å². The fourth-order valence-electron chi connectivity index (χ4n) is 4.59. The van der Waals surface area contributed by atoms with Crippen molar-refractivity contribution in [2.75, 3.05) is 11.5 Å². The number of nitrogen functional groups attached to an aromatic ring is 1. The standard InChI is InChI=1S/C28H30N6O10S3/c1-27(2,3)43-25(42)28(4,5)44-32-17(13-10-46-26(29)30-13)20(37)31-18-22(39)34-19(24(40)41)11(9-45-23(18)34)8-33-21(38)12-6-14(35)15(36)7-16(12)47-33/h6-7,10,18,23,35-36H,8-9H2,1-5H3,(H2,29,30)(H,31,37)(H,40,41)/b32-17-/t18?,23-/m1/s1. The number of thioether (sulfide) groups is 1. The third-order valence-electron chi connectivity index (χ3n) is 6.85. The molecule has 2 aromatic heterocycles. The Bertz CT molecular complexity index is 1940. The molecule has 6 N–H and O–H groups in total. The van der Waals surface area contributed by atoms with E-state index in [0.717, 1.165) is 33.8 Å². The molecule has 2 aliphatic heterocycles. The van der Waals surface area contributed by atoms with Crippen LogP contribution in [0, 0.1) is 0 Å². The van der Waals surface area contributed by atoms with Crippen LogP contribution in [0.3, 0.4) is 0 Å². The zero-order chi connectivity index (χ0) is 34.6. The third kappa shape index (κ3) is 6.63. The van der Waals surface area contributed by atoms with Crippen molar-refractivity contribution in [1.82, 2.24) is 19.2 Å². The highest BCUT2D eigenvalue weighted by molar-refractivity contribution is 8.00. The highest BCUT2D eigenvalue weighted by atomic mass is 32.2. The molecular weight excluding hydrogens is 677 g/mol. The number of anilines is 1. The van der Waals surface area contributed by atoms with Gasteiger partial charge in [0.2, 0.25) is 5.60 Å². The molecule has 0 aliphatic carbocycles. The van der Waals surface area contributed by atoms with E-state index >= 15 is 0 Å². The number of β-lactam (4-membered cyclic amide) rings is 1. The Balaban J connectivity index is 1.37.